The number of amides is 1. The quantitative estimate of drug-likeness (QED) is 0.937. The molecule has 2 aromatic rings. The van der Waals surface area contributed by atoms with Gasteiger partial charge in [-0.25, -0.2) is 0 Å². The van der Waals surface area contributed by atoms with Crippen molar-refractivity contribution < 1.29 is 4.79 Å². The number of hydrogen-bond donors (Lipinski definition) is 1. The van der Waals surface area contributed by atoms with E-state index in [0.29, 0.717) is 11.5 Å². The van der Waals surface area contributed by atoms with E-state index in [1.807, 2.05) is 26.0 Å². The van der Waals surface area contributed by atoms with Crippen molar-refractivity contribution in [3.63, 3.8) is 0 Å². The van der Waals surface area contributed by atoms with Crippen LogP contribution in [-0.4, -0.2) is 25.7 Å². The summed E-state index contributed by atoms with van der Waals surface area (Å²) in [6, 6.07) is 3.77. The first-order valence-electron chi connectivity index (χ1n) is 8.71. The molecule has 1 unspecified atom stereocenters. The number of aryl methyl sites for hydroxylation is 2. The third-order valence-corrected chi connectivity index (χ3v) is 4.62. The Morgan fingerprint density at radius 2 is 2.17 bits per heavy atom. The van der Waals surface area contributed by atoms with E-state index in [4.69, 9.17) is 0 Å². The fourth-order valence-corrected chi connectivity index (χ4v) is 3.20. The smallest absolute Gasteiger partial charge is 0.253 e. The third kappa shape index (κ3) is 3.05. The van der Waals surface area contributed by atoms with Crippen LogP contribution >= 0.6 is 0 Å². The fraction of sp³-hybridized carbons (Fsp3) is 0.556. The van der Waals surface area contributed by atoms with Crippen LogP contribution in [0.5, 0.6) is 0 Å². The number of carbonyl (C=O) groups excluding carboxylic acids is 1. The number of pyridine rings is 1. The number of nitrogens with one attached hydrogen (secondary N) is 1. The highest BCUT2D eigenvalue weighted by Crippen LogP contribution is 2.25. The molecule has 0 spiro atoms. The van der Waals surface area contributed by atoms with Crippen molar-refractivity contribution >= 4 is 5.91 Å². The van der Waals surface area contributed by atoms with Gasteiger partial charge in [0.25, 0.3) is 5.91 Å². The van der Waals surface area contributed by atoms with Crippen LogP contribution in [-0.2, 0) is 13.0 Å². The Balaban J connectivity index is 1.83. The molecule has 0 aliphatic carbocycles. The lowest BCUT2D eigenvalue weighted by Crippen LogP contribution is -2.34. The molecule has 0 radical (unpaired) electrons. The second-order valence-corrected chi connectivity index (χ2v) is 6.66. The van der Waals surface area contributed by atoms with Gasteiger partial charge >= 0.3 is 0 Å². The van der Waals surface area contributed by atoms with Crippen LogP contribution in [0.4, 0.5) is 0 Å². The summed E-state index contributed by atoms with van der Waals surface area (Å²) in [6.07, 6.45) is 2.65. The van der Waals surface area contributed by atoms with Crippen molar-refractivity contribution in [2.45, 2.75) is 65.5 Å². The summed E-state index contributed by atoms with van der Waals surface area (Å²) in [5.74, 6) is 2.04. The molecular formula is C18H25N5O. The molecule has 1 aliphatic rings. The molecule has 0 bridgehead atoms. The zero-order chi connectivity index (χ0) is 17.3. The molecule has 1 amide bonds. The zero-order valence-electron chi connectivity index (χ0n) is 14.8. The topological polar surface area (TPSA) is 72.7 Å². The van der Waals surface area contributed by atoms with Gasteiger partial charge in [0, 0.05) is 12.2 Å². The molecule has 128 valence electrons. The number of nitrogens with zero attached hydrogens (tertiary/aromatic N) is 4. The van der Waals surface area contributed by atoms with Crippen LogP contribution in [0, 0.1) is 6.92 Å². The van der Waals surface area contributed by atoms with Crippen molar-refractivity contribution in [1.82, 2.24) is 25.1 Å². The monoisotopic (exact) mass is 327 g/mol. The van der Waals surface area contributed by atoms with Gasteiger partial charge < -0.3 is 9.88 Å². The normalized spacial score (nSPS) is 17.0. The van der Waals surface area contributed by atoms with E-state index < -0.39 is 0 Å². The van der Waals surface area contributed by atoms with Gasteiger partial charge in [0.15, 0.2) is 5.82 Å². The first-order valence-corrected chi connectivity index (χ1v) is 8.71. The van der Waals surface area contributed by atoms with Gasteiger partial charge in [0.2, 0.25) is 0 Å². The third-order valence-electron chi connectivity index (χ3n) is 4.62. The van der Waals surface area contributed by atoms with Crippen molar-refractivity contribution in [2.75, 3.05) is 0 Å². The Morgan fingerprint density at radius 3 is 2.88 bits per heavy atom. The Kier molecular flexibility index (Phi) is 4.64. The summed E-state index contributed by atoms with van der Waals surface area (Å²) in [4.78, 5) is 17.4. The van der Waals surface area contributed by atoms with Crippen molar-refractivity contribution in [1.29, 1.82) is 0 Å². The largest absolute Gasteiger partial charge is 0.342 e. The summed E-state index contributed by atoms with van der Waals surface area (Å²) in [5.41, 5.74) is 2.54. The number of hydrogen-bond acceptors (Lipinski definition) is 4. The number of carbonyl (C=O) groups is 1. The van der Waals surface area contributed by atoms with Gasteiger partial charge in [-0.15, -0.1) is 10.2 Å². The van der Waals surface area contributed by atoms with Crippen LogP contribution in [0.2, 0.25) is 0 Å². The van der Waals surface area contributed by atoms with Gasteiger partial charge in [0.1, 0.15) is 5.82 Å². The molecule has 2 aromatic heterocycles. The molecule has 6 heteroatoms. The number of rotatable bonds is 4. The van der Waals surface area contributed by atoms with E-state index in [9.17, 15) is 4.79 Å². The predicted molar refractivity (Wildman–Crippen MR) is 91.9 cm³/mol. The van der Waals surface area contributed by atoms with Crippen LogP contribution in [0.25, 0.3) is 0 Å². The standard InChI is InChI=1S/C18H25N5O/c1-5-14-13(8-9-15(19-14)11(2)3)18(24)20-16-7-6-10-23-12(4)21-22-17(16)23/h8-9,11,16H,5-7,10H2,1-4H3,(H,20,24). The van der Waals surface area contributed by atoms with E-state index in [1.54, 1.807) is 0 Å². The molecule has 0 aromatic carbocycles. The molecule has 0 saturated carbocycles. The van der Waals surface area contributed by atoms with Crippen molar-refractivity contribution in [2.24, 2.45) is 0 Å². The first kappa shape index (κ1) is 16.6. The van der Waals surface area contributed by atoms with Gasteiger partial charge in [-0.3, -0.25) is 9.78 Å². The Bertz CT molecular complexity index is 750. The minimum atomic E-state index is -0.0815. The molecule has 0 fully saturated rings. The summed E-state index contributed by atoms with van der Waals surface area (Å²) in [7, 11) is 0. The van der Waals surface area contributed by atoms with Crippen LogP contribution in [0.1, 0.15) is 79.0 Å². The van der Waals surface area contributed by atoms with Crippen molar-refractivity contribution in [3.05, 3.63) is 40.7 Å². The molecule has 0 saturated heterocycles. The number of aromatic nitrogens is 4. The highest BCUT2D eigenvalue weighted by atomic mass is 16.1. The summed E-state index contributed by atoms with van der Waals surface area (Å²) < 4.78 is 2.09. The van der Waals surface area contributed by atoms with Gasteiger partial charge in [-0.1, -0.05) is 20.8 Å². The van der Waals surface area contributed by atoms with Gasteiger partial charge in [-0.05, 0) is 44.2 Å². The molecule has 3 heterocycles. The average Bonchev–Trinajstić information content (AvgIpc) is 2.96. The van der Waals surface area contributed by atoms with E-state index in [0.717, 1.165) is 48.8 Å². The van der Waals surface area contributed by atoms with Crippen LogP contribution in [0.15, 0.2) is 12.1 Å². The molecule has 6 nitrogen and oxygen atoms in total. The van der Waals surface area contributed by atoms with E-state index >= 15 is 0 Å². The van der Waals surface area contributed by atoms with Gasteiger partial charge in [0.05, 0.1) is 17.3 Å². The lowest BCUT2D eigenvalue weighted by atomic mass is 10.0. The van der Waals surface area contributed by atoms with Gasteiger partial charge in [-0.2, -0.15) is 0 Å². The minimum absolute atomic E-state index is 0.0752. The Morgan fingerprint density at radius 1 is 1.38 bits per heavy atom. The van der Waals surface area contributed by atoms with E-state index in [-0.39, 0.29) is 11.9 Å². The highest BCUT2D eigenvalue weighted by molar-refractivity contribution is 5.95. The maximum Gasteiger partial charge on any atom is 0.253 e. The Labute approximate surface area is 142 Å². The maximum absolute atomic E-state index is 12.8. The zero-order valence-corrected chi connectivity index (χ0v) is 14.8. The molecule has 1 atom stereocenters. The van der Waals surface area contributed by atoms with Crippen LogP contribution < -0.4 is 5.32 Å². The average molecular weight is 327 g/mol. The predicted octanol–water partition coefficient (Wildman–Crippen LogP) is 2.93. The SMILES string of the molecule is CCc1nc(C(C)C)ccc1C(=O)NC1CCCn2c(C)nnc21. The molecular weight excluding hydrogens is 302 g/mol. The first-order chi connectivity index (χ1) is 11.5. The minimum Gasteiger partial charge on any atom is -0.342 e. The Hall–Kier alpha value is -2.24. The second-order valence-electron chi connectivity index (χ2n) is 6.66. The van der Waals surface area contributed by atoms with E-state index in [1.165, 1.54) is 0 Å². The van der Waals surface area contributed by atoms with Crippen LogP contribution in [0.3, 0.4) is 0 Å². The molecule has 1 aliphatic heterocycles. The fourth-order valence-electron chi connectivity index (χ4n) is 3.20. The summed E-state index contributed by atoms with van der Waals surface area (Å²) >= 11 is 0. The summed E-state index contributed by atoms with van der Waals surface area (Å²) in [5, 5.41) is 11.5. The molecule has 1 N–H and O–H groups in total. The van der Waals surface area contributed by atoms with Crippen molar-refractivity contribution in [3.8, 4) is 0 Å². The lowest BCUT2D eigenvalue weighted by Gasteiger charge is -2.24. The lowest BCUT2D eigenvalue weighted by molar-refractivity contribution is 0.0926. The second kappa shape index (κ2) is 6.71. The molecule has 24 heavy (non-hydrogen) atoms. The highest BCUT2D eigenvalue weighted by Gasteiger charge is 2.26. The summed E-state index contributed by atoms with van der Waals surface area (Å²) in [6.45, 7) is 9.12. The van der Waals surface area contributed by atoms with E-state index in [2.05, 4.69) is 38.9 Å². The maximum atomic E-state index is 12.8. The number of fused-ring (bicyclic) bond motifs is 1. The molecule has 3 rings (SSSR count).